The summed E-state index contributed by atoms with van der Waals surface area (Å²) in [5.41, 5.74) is 0.275. The molecular formula is C10H9F2N. The molecule has 0 saturated heterocycles. The Balaban J connectivity index is 2.62. The van der Waals surface area contributed by atoms with Crippen LogP contribution in [0.15, 0.2) is 18.2 Å². The van der Waals surface area contributed by atoms with Crippen LogP contribution >= 0.6 is 0 Å². The minimum atomic E-state index is -0.600. The molecule has 1 aromatic carbocycles. The first kappa shape index (κ1) is 9.53. The minimum Gasteiger partial charge on any atom is -0.382 e. The third kappa shape index (κ3) is 2.75. The van der Waals surface area contributed by atoms with Crippen molar-refractivity contribution in [2.75, 3.05) is 11.9 Å². The van der Waals surface area contributed by atoms with Gasteiger partial charge < -0.3 is 5.32 Å². The quantitative estimate of drug-likeness (QED) is 0.557. The summed E-state index contributed by atoms with van der Waals surface area (Å²) in [6.07, 6.45) is 5.52. The summed E-state index contributed by atoms with van der Waals surface area (Å²) in [5.74, 6) is 1.23. The fourth-order valence-electron chi connectivity index (χ4n) is 0.902. The highest BCUT2D eigenvalue weighted by atomic mass is 19.1. The van der Waals surface area contributed by atoms with E-state index < -0.39 is 11.6 Å². The number of halogens is 2. The predicted octanol–water partition coefficient (Wildman–Crippen LogP) is 2.40. The largest absolute Gasteiger partial charge is 0.382 e. The first-order chi connectivity index (χ1) is 6.24. The fourth-order valence-corrected chi connectivity index (χ4v) is 0.902. The Hall–Kier alpha value is -1.56. The van der Waals surface area contributed by atoms with Gasteiger partial charge >= 0.3 is 0 Å². The van der Waals surface area contributed by atoms with E-state index in [0.717, 1.165) is 6.07 Å². The average molecular weight is 181 g/mol. The van der Waals surface area contributed by atoms with E-state index in [-0.39, 0.29) is 5.69 Å². The van der Waals surface area contributed by atoms with Gasteiger partial charge in [0, 0.05) is 19.0 Å². The topological polar surface area (TPSA) is 12.0 Å². The van der Waals surface area contributed by atoms with Crippen molar-refractivity contribution in [2.24, 2.45) is 0 Å². The number of hydrogen-bond donors (Lipinski definition) is 1. The van der Waals surface area contributed by atoms with E-state index in [4.69, 9.17) is 6.42 Å². The van der Waals surface area contributed by atoms with E-state index in [1.54, 1.807) is 0 Å². The van der Waals surface area contributed by atoms with Gasteiger partial charge in [0.25, 0.3) is 0 Å². The molecule has 1 aromatic rings. The van der Waals surface area contributed by atoms with Crippen LogP contribution in [0.4, 0.5) is 14.5 Å². The normalized spacial score (nSPS) is 9.31. The van der Waals surface area contributed by atoms with Gasteiger partial charge in [-0.1, -0.05) is 0 Å². The molecule has 0 unspecified atom stereocenters. The third-order valence-corrected chi connectivity index (χ3v) is 1.52. The fraction of sp³-hybridized carbons (Fsp3) is 0.200. The Morgan fingerprint density at radius 3 is 2.77 bits per heavy atom. The molecule has 0 heterocycles. The lowest BCUT2D eigenvalue weighted by Gasteiger charge is -2.04. The SMILES string of the molecule is C#CCCNc1ccc(F)cc1F. The minimum absolute atomic E-state index is 0.275. The van der Waals surface area contributed by atoms with Crippen molar-refractivity contribution in [3.63, 3.8) is 0 Å². The molecule has 0 radical (unpaired) electrons. The van der Waals surface area contributed by atoms with Crippen LogP contribution in [0.25, 0.3) is 0 Å². The second-order valence-corrected chi connectivity index (χ2v) is 2.51. The van der Waals surface area contributed by atoms with Gasteiger partial charge in [-0.2, -0.15) is 0 Å². The predicted molar refractivity (Wildman–Crippen MR) is 48.3 cm³/mol. The Morgan fingerprint density at radius 1 is 1.38 bits per heavy atom. The van der Waals surface area contributed by atoms with E-state index in [1.807, 2.05) is 0 Å². The van der Waals surface area contributed by atoms with Crippen LogP contribution in [0.1, 0.15) is 6.42 Å². The molecule has 0 saturated carbocycles. The van der Waals surface area contributed by atoms with E-state index in [9.17, 15) is 8.78 Å². The van der Waals surface area contributed by atoms with Crippen LogP contribution in [-0.2, 0) is 0 Å². The van der Waals surface area contributed by atoms with Gasteiger partial charge in [0.05, 0.1) is 5.69 Å². The van der Waals surface area contributed by atoms with Gasteiger partial charge in [0.2, 0.25) is 0 Å². The molecule has 1 rings (SSSR count). The van der Waals surface area contributed by atoms with Crippen molar-refractivity contribution in [1.29, 1.82) is 0 Å². The molecule has 0 aliphatic rings. The Labute approximate surface area is 75.8 Å². The highest BCUT2D eigenvalue weighted by Crippen LogP contribution is 2.14. The zero-order valence-electron chi connectivity index (χ0n) is 6.98. The summed E-state index contributed by atoms with van der Waals surface area (Å²) in [6, 6.07) is 3.38. The lowest BCUT2D eigenvalue weighted by Crippen LogP contribution is -2.02. The van der Waals surface area contributed by atoms with Crippen LogP contribution in [-0.4, -0.2) is 6.54 Å². The summed E-state index contributed by atoms with van der Waals surface area (Å²) in [4.78, 5) is 0. The summed E-state index contributed by atoms with van der Waals surface area (Å²) in [6.45, 7) is 0.485. The molecule has 0 aromatic heterocycles. The molecule has 0 amide bonds. The molecule has 68 valence electrons. The zero-order chi connectivity index (χ0) is 9.68. The number of nitrogens with one attached hydrogen (secondary N) is 1. The van der Waals surface area contributed by atoms with Gasteiger partial charge in [-0.25, -0.2) is 8.78 Å². The molecule has 1 nitrogen and oxygen atoms in total. The number of hydrogen-bond acceptors (Lipinski definition) is 1. The van der Waals surface area contributed by atoms with Gasteiger partial charge in [0.1, 0.15) is 11.6 Å². The van der Waals surface area contributed by atoms with Crippen molar-refractivity contribution in [2.45, 2.75) is 6.42 Å². The van der Waals surface area contributed by atoms with Crippen molar-refractivity contribution in [3.8, 4) is 12.3 Å². The van der Waals surface area contributed by atoms with Gasteiger partial charge in [0.15, 0.2) is 0 Å². The standard InChI is InChI=1S/C10H9F2N/c1-2-3-6-13-10-5-4-8(11)7-9(10)12/h1,4-5,7,13H,3,6H2. The van der Waals surface area contributed by atoms with Crippen molar-refractivity contribution in [3.05, 3.63) is 29.8 Å². The second kappa shape index (κ2) is 4.46. The van der Waals surface area contributed by atoms with Crippen LogP contribution in [0, 0.1) is 24.0 Å². The number of terminal acetylenes is 1. The second-order valence-electron chi connectivity index (χ2n) is 2.51. The lowest BCUT2D eigenvalue weighted by molar-refractivity contribution is 0.585. The Kier molecular flexibility index (Phi) is 3.27. The highest BCUT2D eigenvalue weighted by molar-refractivity contribution is 5.44. The molecule has 13 heavy (non-hydrogen) atoms. The molecule has 0 atom stereocenters. The van der Waals surface area contributed by atoms with Crippen LogP contribution in [0.3, 0.4) is 0 Å². The first-order valence-electron chi connectivity index (χ1n) is 3.86. The van der Waals surface area contributed by atoms with E-state index >= 15 is 0 Å². The van der Waals surface area contributed by atoms with Crippen molar-refractivity contribution < 1.29 is 8.78 Å². The average Bonchev–Trinajstić information content (AvgIpc) is 2.09. The molecule has 3 heteroatoms. The Morgan fingerprint density at radius 2 is 2.15 bits per heavy atom. The number of benzene rings is 1. The van der Waals surface area contributed by atoms with Crippen LogP contribution in [0.2, 0.25) is 0 Å². The van der Waals surface area contributed by atoms with Crippen molar-refractivity contribution in [1.82, 2.24) is 0 Å². The molecule has 0 fully saturated rings. The Bertz CT molecular complexity index is 328. The van der Waals surface area contributed by atoms with E-state index in [0.29, 0.717) is 13.0 Å². The lowest BCUT2D eigenvalue weighted by atomic mass is 10.3. The van der Waals surface area contributed by atoms with Gasteiger partial charge in [-0.05, 0) is 12.1 Å². The van der Waals surface area contributed by atoms with Crippen LogP contribution < -0.4 is 5.32 Å². The third-order valence-electron chi connectivity index (χ3n) is 1.52. The molecule has 0 aliphatic carbocycles. The van der Waals surface area contributed by atoms with Gasteiger partial charge in [-0.3, -0.25) is 0 Å². The van der Waals surface area contributed by atoms with Gasteiger partial charge in [-0.15, -0.1) is 12.3 Å². The molecule has 0 aliphatic heterocycles. The molecular weight excluding hydrogens is 172 g/mol. The monoisotopic (exact) mass is 181 g/mol. The maximum atomic E-state index is 12.9. The number of anilines is 1. The smallest absolute Gasteiger partial charge is 0.149 e. The zero-order valence-corrected chi connectivity index (χ0v) is 6.98. The maximum Gasteiger partial charge on any atom is 0.149 e. The van der Waals surface area contributed by atoms with Crippen LogP contribution in [0.5, 0.6) is 0 Å². The summed E-state index contributed by atoms with van der Waals surface area (Å²) >= 11 is 0. The maximum absolute atomic E-state index is 12.9. The summed E-state index contributed by atoms with van der Waals surface area (Å²) < 4.78 is 25.4. The first-order valence-corrected chi connectivity index (χ1v) is 3.86. The van der Waals surface area contributed by atoms with E-state index in [1.165, 1.54) is 12.1 Å². The molecule has 1 N–H and O–H groups in total. The summed E-state index contributed by atoms with van der Waals surface area (Å²) in [5, 5.41) is 2.76. The highest BCUT2D eigenvalue weighted by Gasteiger charge is 2.01. The number of rotatable bonds is 3. The molecule has 0 spiro atoms. The van der Waals surface area contributed by atoms with E-state index in [2.05, 4.69) is 11.2 Å². The van der Waals surface area contributed by atoms with Crippen molar-refractivity contribution >= 4 is 5.69 Å². The summed E-state index contributed by atoms with van der Waals surface area (Å²) in [7, 11) is 0. The molecule has 0 bridgehead atoms.